The predicted octanol–water partition coefficient (Wildman–Crippen LogP) is 3.10. The van der Waals surface area contributed by atoms with E-state index in [1.165, 1.54) is 6.07 Å². The highest BCUT2D eigenvalue weighted by Gasteiger charge is 2.18. The molecule has 2 rings (SSSR count). The maximum atomic E-state index is 11.1. The largest absolute Gasteiger partial charge is 0.494 e. The van der Waals surface area contributed by atoms with Crippen LogP contribution in [-0.2, 0) is 0 Å². The maximum Gasteiger partial charge on any atom is 0.295 e. The fraction of sp³-hybridized carbons (Fsp3) is 0.214. The minimum atomic E-state index is -0.435. The van der Waals surface area contributed by atoms with Gasteiger partial charge in [-0.05, 0) is 25.1 Å². The van der Waals surface area contributed by atoms with E-state index in [4.69, 9.17) is 4.74 Å². The van der Waals surface area contributed by atoms with Gasteiger partial charge in [0.2, 0.25) is 0 Å². The molecule has 0 bridgehead atoms. The van der Waals surface area contributed by atoms with Crippen LogP contribution in [0.2, 0.25) is 0 Å². The number of nitrogens with zero attached hydrogens (tertiary/aromatic N) is 2. The first-order chi connectivity index (χ1) is 9.65. The second-order valence-corrected chi connectivity index (χ2v) is 4.03. The Morgan fingerprint density at radius 2 is 2.15 bits per heavy atom. The van der Waals surface area contributed by atoms with E-state index < -0.39 is 4.92 Å². The molecule has 104 valence electrons. The summed E-state index contributed by atoms with van der Waals surface area (Å²) in [4.78, 5) is 15.0. The summed E-state index contributed by atoms with van der Waals surface area (Å²) in [5.74, 6) is 1.24. The average molecular weight is 273 g/mol. The molecule has 0 amide bonds. The SMILES string of the molecule is CCOc1cccc(-c2nc(NC)ccc2[N+](=O)[O-])c1. The van der Waals surface area contributed by atoms with E-state index in [0.29, 0.717) is 29.4 Å². The van der Waals surface area contributed by atoms with Crippen molar-refractivity contribution in [3.05, 3.63) is 46.5 Å². The standard InChI is InChI=1S/C14H15N3O3/c1-3-20-11-6-4-5-10(9-11)14-12(17(18)19)7-8-13(15-2)16-14/h4-9H,3H2,1-2H3,(H,15,16). The maximum absolute atomic E-state index is 11.1. The van der Waals surface area contributed by atoms with Gasteiger partial charge in [-0.25, -0.2) is 4.98 Å². The molecule has 0 radical (unpaired) electrons. The summed E-state index contributed by atoms with van der Waals surface area (Å²) in [6, 6.07) is 10.1. The first-order valence-electron chi connectivity index (χ1n) is 6.22. The molecule has 0 aliphatic heterocycles. The molecule has 20 heavy (non-hydrogen) atoms. The first kappa shape index (κ1) is 13.8. The summed E-state index contributed by atoms with van der Waals surface area (Å²) >= 11 is 0. The first-order valence-corrected chi connectivity index (χ1v) is 6.22. The molecule has 6 nitrogen and oxygen atoms in total. The van der Waals surface area contributed by atoms with Gasteiger partial charge in [0.15, 0.2) is 5.69 Å². The van der Waals surface area contributed by atoms with Gasteiger partial charge < -0.3 is 10.1 Å². The second-order valence-electron chi connectivity index (χ2n) is 4.03. The molecule has 2 aromatic rings. The summed E-state index contributed by atoms with van der Waals surface area (Å²) in [6.07, 6.45) is 0. The number of nitro groups is 1. The van der Waals surface area contributed by atoms with Crippen LogP contribution in [-0.4, -0.2) is 23.6 Å². The fourth-order valence-corrected chi connectivity index (χ4v) is 1.85. The van der Waals surface area contributed by atoms with Crippen molar-refractivity contribution in [3.8, 4) is 17.0 Å². The Hall–Kier alpha value is -2.63. The van der Waals surface area contributed by atoms with Crippen LogP contribution in [0.4, 0.5) is 11.5 Å². The minimum absolute atomic E-state index is 0.0300. The molecule has 0 unspecified atom stereocenters. The zero-order chi connectivity index (χ0) is 14.5. The van der Waals surface area contributed by atoms with Crippen LogP contribution in [0, 0.1) is 10.1 Å². The van der Waals surface area contributed by atoms with Crippen molar-refractivity contribution in [2.45, 2.75) is 6.92 Å². The topological polar surface area (TPSA) is 77.3 Å². The number of anilines is 1. The van der Waals surface area contributed by atoms with Gasteiger partial charge in [-0.1, -0.05) is 12.1 Å². The number of benzene rings is 1. The number of nitrogens with one attached hydrogen (secondary N) is 1. The van der Waals surface area contributed by atoms with E-state index in [2.05, 4.69) is 10.3 Å². The van der Waals surface area contributed by atoms with Gasteiger partial charge in [-0.15, -0.1) is 0 Å². The molecular formula is C14H15N3O3. The molecule has 0 atom stereocenters. The van der Waals surface area contributed by atoms with Gasteiger partial charge in [0.05, 0.1) is 11.5 Å². The summed E-state index contributed by atoms with van der Waals surface area (Å²) in [5, 5.41) is 14.0. The number of hydrogen-bond donors (Lipinski definition) is 1. The van der Waals surface area contributed by atoms with Crippen molar-refractivity contribution in [2.75, 3.05) is 19.0 Å². The molecule has 0 aliphatic rings. The Labute approximate surface area is 116 Å². The Bertz CT molecular complexity index is 629. The number of hydrogen-bond acceptors (Lipinski definition) is 5. The van der Waals surface area contributed by atoms with Crippen LogP contribution in [0.15, 0.2) is 36.4 Å². The van der Waals surface area contributed by atoms with E-state index in [-0.39, 0.29) is 5.69 Å². The quantitative estimate of drug-likeness (QED) is 0.669. The molecule has 1 N–H and O–H groups in total. The van der Waals surface area contributed by atoms with Crippen molar-refractivity contribution < 1.29 is 9.66 Å². The van der Waals surface area contributed by atoms with Gasteiger partial charge >= 0.3 is 0 Å². The van der Waals surface area contributed by atoms with E-state index >= 15 is 0 Å². The second kappa shape index (κ2) is 6.01. The van der Waals surface area contributed by atoms with Crippen LogP contribution in [0.1, 0.15) is 6.92 Å². The number of pyridine rings is 1. The third kappa shape index (κ3) is 2.85. The molecule has 1 heterocycles. The highest BCUT2D eigenvalue weighted by atomic mass is 16.6. The zero-order valence-electron chi connectivity index (χ0n) is 11.3. The summed E-state index contributed by atoms with van der Waals surface area (Å²) in [6.45, 7) is 2.42. The van der Waals surface area contributed by atoms with Gasteiger partial charge in [0.25, 0.3) is 5.69 Å². The normalized spacial score (nSPS) is 10.1. The summed E-state index contributed by atoms with van der Waals surface area (Å²) in [5.41, 5.74) is 0.945. The summed E-state index contributed by atoms with van der Waals surface area (Å²) in [7, 11) is 1.72. The van der Waals surface area contributed by atoms with Crippen LogP contribution < -0.4 is 10.1 Å². The number of rotatable bonds is 5. The van der Waals surface area contributed by atoms with Crippen LogP contribution in [0.5, 0.6) is 5.75 Å². The lowest BCUT2D eigenvalue weighted by molar-refractivity contribution is -0.384. The molecule has 0 spiro atoms. The number of ether oxygens (including phenoxy) is 1. The third-order valence-corrected chi connectivity index (χ3v) is 2.75. The summed E-state index contributed by atoms with van der Waals surface area (Å²) < 4.78 is 5.41. The zero-order valence-corrected chi connectivity index (χ0v) is 11.3. The van der Waals surface area contributed by atoms with Gasteiger partial charge in [-0.3, -0.25) is 10.1 Å². The Balaban J connectivity index is 2.54. The van der Waals surface area contributed by atoms with E-state index in [1.807, 2.05) is 6.92 Å². The smallest absolute Gasteiger partial charge is 0.295 e. The Morgan fingerprint density at radius 1 is 1.35 bits per heavy atom. The van der Waals surface area contributed by atoms with Gasteiger partial charge in [0.1, 0.15) is 11.6 Å². The fourth-order valence-electron chi connectivity index (χ4n) is 1.85. The van der Waals surface area contributed by atoms with Crippen molar-refractivity contribution in [1.29, 1.82) is 0 Å². The van der Waals surface area contributed by atoms with Crippen molar-refractivity contribution >= 4 is 11.5 Å². The predicted molar refractivity (Wildman–Crippen MR) is 77.0 cm³/mol. The van der Waals surface area contributed by atoms with E-state index in [1.54, 1.807) is 37.4 Å². The third-order valence-electron chi connectivity index (χ3n) is 2.75. The highest BCUT2D eigenvalue weighted by molar-refractivity contribution is 5.72. The van der Waals surface area contributed by atoms with Gasteiger partial charge in [-0.2, -0.15) is 0 Å². The minimum Gasteiger partial charge on any atom is -0.494 e. The molecular weight excluding hydrogens is 258 g/mol. The lowest BCUT2D eigenvalue weighted by Crippen LogP contribution is -1.99. The molecule has 1 aromatic heterocycles. The molecule has 0 saturated carbocycles. The Kier molecular flexibility index (Phi) is 4.14. The van der Waals surface area contributed by atoms with Gasteiger partial charge in [0, 0.05) is 18.7 Å². The number of aromatic nitrogens is 1. The van der Waals surface area contributed by atoms with Crippen LogP contribution in [0.3, 0.4) is 0 Å². The van der Waals surface area contributed by atoms with Crippen molar-refractivity contribution in [2.24, 2.45) is 0 Å². The lowest BCUT2D eigenvalue weighted by Gasteiger charge is -2.08. The van der Waals surface area contributed by atoms with Crippen LogP contribution >= 0.6 is 0 Å². The van der Waals surface area contributed by atoms with E-state index in [0.717, 1.165) is 0 Å². The van der Waals surface area contributed by atoms with Crippen LogP contribution in [0.25, 0.3) is 11.3 Å². The Morgan fingerprint density at radius 3 is 2.80 bits per heavy atom. The average Bonchev–Trinajstić information content (AvgIpc) is 2.47. The molecule has 0 fully saturated rings. The lowest BCUT2D eigenvalue weighted by atomic mass is 10.1. The molecule has 6 heteroatoms. The molecule has 0 saturated heterocycles. The monoisotopic (exact) mass is 273 g/mol. The van der Waals surface area contributed by atoms with E-state index in [9.17, 15) is 10.1 Å². The molecule has 0 aliphatic carbocycles. The highest BCUT2D eigenvalue weighted by Crippen LogP contribution is 2.31. The van der Waals surface area contributed by atoms with Crippen molar-refractivity contribution in [1.82, 2.24) is 4.98 Å². The molecule has 1 aromatic carbocycles. The van der Waals surface area contributed by atoms with Crippen molar-refractivity contribution in [3.63, 3.8) is 0 Å².